The van der Waals surface area contributed by atoms with Crippen molar-refractivity contribution in [3.05, 3.63) is 83.1 Å². The third-order valence-electron chi connectivity index (χ3n) is 6.24. The van der Waals surface area contributed by atoms with Gasteiger partial charge in [-0.1, -0.05) is 75.4 Å². The van der Waals surface area contributed by atoms with Gasteiger partial charge in [0.05, 0.1) is 19.8 Å². The molecule has 31 heavy (non-hydrogen) atoms. The van der Waals surface area contributed by atoms with Crippen molar-refractivity contribution in [2.24, 2.45) is 0 Å². The van der Waals surface area contributed by atoms with Gasteiger partial charge < -0.3 is 19.7 Å². The van der Waals surface area contributed by atoms with Crippen LogP contribution in [0.5, 0.6) is 0 Å². The van der Waals surface area contributed by atoms with E-state index in [1.165, 1.54) is 5.56 Å². The van der Waals surface area contributed by atoms with E-state index in [0.29, 0.717) is 26.3 Å². The second-order valence-electron chi connectivity index (χ2n) is 9.48. The Hall–Kier alpha value is -2.63. The summed E-state index contributed by atoms with van der Waals surface area (Å²) in [6.45, 7) is 11.0. The Morgan fingerprint density at radius 3 is 2.61 bits per heavy atom. The van der Waals surface area contributed by atoms with Gasteiger partial charge in [0.1, 0.15) is 5.54 Å². The number of hydrogen-bond donors (Lipinski definition) is 1. The average Bonchev–Trinajstić information content (AvgIpc) is 3.19. The predicted octanol–water partition coefficient (Wildman–Crippen LogP) is 4.09. The van der Waals surface area contributed by atoms with Crippen molar-refractivity contribution in [1.29, 1.82) is 0 Å². The van der Waals surface area contributed by atoms with E-state index in [1.807, 2.05) is 18.2 Å². The Kier molecular flexibility index (Phi) is 5.91. The first kappa shape index (κ1) is 21.6. The molecule has 2 aromatic rings. The second-order valence-corrected chi connectivity index (χ2v) is 9.48. The van der Waals surface area contributed by atoms with Crippen molar-refractivity contribution in [3.8, 4) is 0 Å². The lowest BCUT2D eigenvalue weighted by atomic mass is 9.86. The van der Waals surface area contributed by atoms with Gasteiger partial charge in [-0.25, -0.2) is 0 Å². The lowest BCUT2D eigenvalue weighted by Gasteiger charge is -2.51. The van der Waals surface area contributed by atoms with Gasteiger partial charge in [0, 0.05) is 18.3 Å². The summed E-state index contributed by atoms with van der Waals surface area (Å²) >= 11 is 0. The maximum absolute atomic E-state index is 11.9. The fourth-order valence-corrected chi connectivity index (χ4v) is 4.40. The highest BCUT2D eigenvalue weighted by Gasteiger charge is 2.47. The number of benzene rings is 2. The molecule has 1 N–H and O–H groups in total. The highest BCUT2D eigenvalue weighted by Crippen LogP contribution is 2.40. The van der Waals surface area contributed by atoms with E-state index in [1.54, 1.807) is 6.08 Å². The topological polar surface area (TPSA) is 50.8 Å². The molecule has 0 bridgehead atoms. The summed E-state index contributed by atoms with van der Waals surface area (Å²) in [4.78, 5) is 14.1. The van der Waals surface area contributed by atoms with Crippen LogP contribution in [0.2, 0.25) is 0 Å². The lowest BCUT2D eigenvalue weighted by molar-refractivity contribution is -0.245. The minimum absolute atomic E-state index is 0.0478. The lowest BCUT2D eigenvalue weighted by Crippen LogP contribution is -2.58. The number of carbonyl (C=O) groups excluding carboxylic acids is 1. The minimum Gasteiger partial charge on any atom is -0.357 e. The average molecular weight is 421 g/mol. The number of ether oxygens (including phenoxy) is 2. The van der Waals surface area contributed by atoms with Crippen molar-refractivity contribution in [2.45, 2.75) is 51.5 Å². The number of nitrogens with one attached hydrogen (secondary N) is 1. The third kappa shape index (κ3) is 4.39. The molecule has 2 aliphatic rings. The maximum Gasteiger partial charge on any atom is 0.246 e. The van der Waals surface area contributed by atoms with Crippen LogP contribution < -0.4 is 5.32 Å². The number of morpholine rings is 1. The van der Waals surface area contributed by atoms with Crippen LogP contribution in [0.4, 0.5) is 0 Å². The minimum atomic E-state index is -0.556. The molecule has 4 rings (SSSR count). The molecule has 0 aromatic heterocycles. The normalized spacial score (nSPS) is 24.1. The fourth-order valence-electron chi connectivity index (χ4n) is 4.40. The Morgan fingerprint density at radius 2 is 1.94 bits per heavy atom. The Morgan fingerprint density at radius 1 is 1.16 bits per heavy atom. The van der Waals surface area contributed by atoms with Gasteiger partial charge >= 0.3 is 0 Å². The molecule has 2 heterocycles. The van der Waals surface area contributed by atoms with Crippen molar-refractivity contribution < 1.29 is 14.3 Å². The molecule has 5 nitrogen and oxygen atoms in total. The molecule has 164 valence electrons. The van der Waals surface area contributed by atoms with Crippen LogP contribution in [0, 0.1) is 0 Å². The van der Waals surface area contributed by atoms with Crippen LogP contribution >= 0.6 is 0 Å². The monoisotopic (exact) mass is 420 g/mol. The van der Waals surface area contributed by atoms with Gasteiger partial charge in [0.2, 0.25) is 5.91 Å². The third-order valence-corrected chi connectivity index (χ3v) is 6.24. The molecule has 1 fully saturated rings. The molecule has 2 aromatic carbocycles. The maximum atomic E-state index is 11.9. The van der Waals surface area contributed by atoms with E-state index in [2.05, 4.69) is 74.3 Å². The first-order valence-corrected chi connectivity index (χ1v) is 10.9. The van der Waals surface area contributed by atoms with E-state index in [9.17, 15) is 4.79 Å². The summed E-state index contributed by atoms with van der Waals surface area (Å²) in [5.41, 5.74) is 4.01. The van der Waals surface area contributed by atoms with Crippen molar-refractivity contribution >= 4 is 5.91 Å². The number of carbonyl (C=O) groups is 1. The summed E-state index contributed by atoms with van der Waals surface area (Å²) < 4.78 is 12.6. The Labute approximate surface area is 185 Å². The predicted molar refractivity (Wildman–Crippen MR) is 121 cm³/mol. The quantitative estimate of drug-likeness (QED) is 0.792. The zero-order chi connectivity index (χ0) is 22.1. The molecule has 5 heteroatoms. The number of nitrogens with zero attached hydrogens (tertiary/aromatic N) is 1. The summed E-state index contributed by atoms with van der Waals surface area (Å²) in [6.07, 6.45) is 1.22. The molecular formula is C26H32N2O3. The van der Waals surface area contributed by atoms with Gasteiger partial charge in [-0.2, -0.15) is 0 Å². The van der Waals surface area contributed by atoms with E-state index in [0.717, 1.165) is 16.8 Å². The Balaban J connectivity index is 1.63. The van der Waals surface area contributed by atoms with E-state index >= 15 is 0 Å². The molecular weight excluding hydrogens is 388 g/mol. The largest absolute Gasteiger partial charge is 0.357 e. The standard InChI is InChI=1S/C26H32N2O3/c1-25(2,3)21-12-8-9-19(15-21)18-31-24-26(4,20-10-6-5-7-11-20)28(13-14-30-24)22-16-23(29)27-17-22/h5-12,15-16,24H,13-14,17-18H2,1-4H3,(H,27,29)/t24-,26+/m1/s1. The molecule has 1 saturated heterocycles. The van der Waals surface area contributed by atoms with Crippen LogP contribution in [0.15, 0.2) is 66.4 Å². The molecule has 0 saturated carbocycles. The number of amides is 1. The van der Waals surface area contributed by atoms with Crippen LogP contribution in [0.3, 0.4) is 0 Å². The Bertz CT molecular complexity index is 964. The van der Waals surface area contributed by atoms with Gasteiger partial charge in [-0.15, -0.1) is 0 Å². The molecule has 0 unspecified atom stereocenters. The van der Waals surface area contributed by atoms with Crippen LogP contribution in [0.25, 0.3) is 0 Å². The van der Waals surface area contributed by atoms with Crippen LogP contribution in [-0.2, 0) is 31.8 Å². The second kappa shape index (κ2) is 8.48. The first-order chi connectivity index (χ1) is 14.8. The van der Waals surface area contributed by atoms with E-state index in [4.69, 9.17) is 9.47 Å². The van der Waals surface area contributed by atoms with Crippen LogP contribution in [0.1, 0.15) is 44.4 Å². The molecule has 0 radical (unpaired) electrons. The van der Waals surface area contributed by atoms with Crippen molar-refractivity contribution in [1.82, 2.24) is 10.2 Å². The first-order valence-electron chi connectivity index (χ1n) is 10.9. The van der Waals surface area contributed by atoms with Gasteiger partial charge in [0.15, 0.2) is 6.29 Å². The highest BCUT2D eigenvalue weighted by atomic mass is 16.7. The van der Waals surface area contributed by atoms with Gasteiger partial charge in [0.25, 0.3) is 0 Å². The summed E-state index contributed by atoms with van der Waals surface area (Å²) in [6, 6.07) is 18.8. The number of rotatable bonds is 5. The summed E-state index contributed by atoms with van der Waals surface area (Å²) in [5.74, 6) is -0.0478. The van der Waals surface area contributed by atoms with Crippen molar-refractivity contribution in [2.75, 3.05) is 19.7 Å². The number of hydrogen-bond acceptors (Lipinski definition) is 4. The fraction of sp³-hybridized carbons (Fsp3) is 0.423. The van der Waals surface area contributed by atoms with E-state index in [-0.39, 0.29) is 11.3 Å². The summed E-state index contributed by atoms with van der Waals surface area (Å²) in [5, 5.41) is 2.89. The molecule has 1 amide bonds. The zero-order valence-corrected chi connectivity index (χ0v) is 18.9. The van der Waals surface area contributed by atoms with E-state index < -0.39 is 11.8 Å². The highest BCUT2D eigenvalue weighted by molar-refractivity contribution is 5.90. The molecule has 2 aliphatic heterocycles. The zero-order valence-electron chi connectivity index (χ0n) is 18.9. The smallest absolute Gasteiger partial charge is 0.246 e. The molecule has 2 atom stereocenters. The molecule has 0 aliphatic carbocycles. The van der Waals surface area contributed by atoms with Gasteiger partial charge in [-0.3, -0.25) is 4.79 Å². The van der Waals surface area contributed by atoms with Crippen LogP contribution in [-0.4, -0.2) is 36.8 Å². The van der Waals surface area contributed by atoms with Gasteiger partial charge in [-0.05, 0) is 29.0 Å². The summed E-state index contributed by atoms with van der Waals surface area (Å²) in [7, 11) is 0. The molecule has 0 spiro atoms. The van der Waals surface area contributed by atoms with Crippen molar-refractivity contribution in [3.63, 3.8) is 0 Å². The SMILES string of the molecule is CC(C)(C)c1cccc(CO[C@H]2OCCN(C3=CC(=O)NC3)[C@@]2(C)c2ccccc2)c1.